The van der Waals surface area contributed by atoms with Gasteiger partial charge in [0.15, 0.2) is 0 Å². The smallest absolute Gasteiger partial charge is 0.0481 e. The van der Waals surface area contributed by atoms with Crippen LogP contribution in [-0.2, 0) is 6.42 Å². The topological polar surface area (TPSA) is 12.4 Å². The molecule has 1 aliphatic rings. The molecule has 9 heavy (non-hydrogen) atoms. The van der Waals surface area contributed by atoms with E-state index < -0.39 is 0 Å². The standard InChI is InChI=1S/C7H7NS/c1-3-8-5-7-6(1)2-4-9-7/h2,4-5H,1,3H2. The van der Waals surface area contributed by atoms with Gasteiger partial charge in [-0.3, -0.25) is 4.99 Å². The Balaban J connectivity index is 2.53. The van der Waals surface area contributed by atoms with Crippen LogP contribution in [0.25, 0.3) is 0 Å². The normalized spacial score (nSPS) is 15.6. The quantitative estimate of drug-likeness (QED) is 0.516. The molecule has 46 valence electrons. The van der Waals surface area contributed by atoms with Crippen molar-refractivity contribution < 1.29 is 0 Å². The van der Waals surface area contributed by atoms with E-state index in [-0.39, 0.29) is 0 Å². The van der Waals surface area contributed by atoms with E-state index in [1.165, 1.54) is 10.4 Å². The van der Waals surface area contributed by atoms with E-state index in [9.17, 15) is 0 Å². The maximum atomic E-state index is 4.18. The van der Waals surface area contributed by atoms with Gasteiger partial charge in [-0.15, -0.1) is 11.3 Å². The van der Waals surface area contributed by atoms with E-state index in [0.29, 0.717) is 0 Å². The highest BCUT2D eigenvalue weighted by Gasteiger charge is 2.03. The Morgan fingerprint density at radius 2 is 2.56 bits per heavy atom. The molecule has 0 saturated heterocycles. The monoisotopic (exact) mass is 137 g/mol. The van der Waals surface area contributed by atoms with Crippen LogP contribution < -0.4 is 0 Å². The SMILES string of the molecule is C1=NCCc2ccsc21. The molecule has 1 aromatic rings. The van der Waals surface area contributed by atoms with Crippen molar-refractivity contribution in [3.8, 4) is 0 Å². The first-order valence-electron chi connectivity index (χ1n) is 3.03. The summed E-state index contributed by atoms with van der Waals surface area (Å²) in [6.07, 6.45) is 3.11. The van der Waals surface area contributed by atoms with Crippen LogP contribution in [0.5, 0.6) is 0 Å². The van der Waals surface area contributed by atoms with Gasteiger partial charge in [-0.1, -0.05) is 0 Å². The minimum Gasteiger partial charge on any atom is -0.291 e. The van der Waals surface area contributed by atoms with Crippen molar-refractivity contribution in [3.63, 3.8) is 0 Å². The van der Waals surface area contributed by atoms with Crippen molar-refractivity contribution in [1.82, 2.24) is 0 Å². The largest absolute Gasteiger partial charge is 0.291 e. The minimum atomic E-state index is 0.976. The predicted octanol–water partition coefficient (Wildman–Crippen LogP) is 1.72. The molecule has 0 spiro atoms. The van der Waals surface area contributed by atoms with E-state index in [1.54, 1.807) is 11.3 Å². The predicted molar refractivity (Wildman–Crippen MR) is 40.5 cm³/mol. The summed E-state index contributed by atoms with van der Waals surface area (Å²) in [4.78, 5) is 5.52. The molecular weight excluding hydrogens is 130 g/mol. The molecule has 1 aromatic heterocycles. The molecule has 2 heteroatoms. The van der Waals surface area contributed by atoms with E-state index in [0.717, 1.165) is 13.0 Å². The maximum Gasteiger partial charge on any atom is 0.0481 e. The molecule has 0 N–H and O–H groups in total. The highest BCUT2D eigenvalue weighted by Crippen LogP contribution is 2.17. The van der Waals surface area contributed by atoms with Crippen molar-refractivity contribution >= 4 is 17.6 Å². The molecule has 0 amide bonds. The summed E-state index contributed by atoms with van der Waals surface area (Å²) in [6.45, 7) is 0.976. The zero-order valence-electron chi connectivity index (χ0n) is 5.00. The highest BCUT2D eigenvalue weighted by atomic mass is 32.1. The lowest BCUT2D eigenvalue weighted by Crippen LogP contribution is -1.97. The lowest BCUT2D eigenvalue weighted by molar-refractivity contribution is 0.961. The van der Waals surface area contributed by atoms with E-state index in [1.807, 2.05) is 6.21 Å². The van der Waals surface area contributed by atoms with Crippen LogP contribution in [0.4, 0.5) is 0 Å². The molecule has 0 aliphatic carbocycles. The van der Waals surface area contributed by atoms with Crippen LogP contribution in [-0.4, -0.2) is 12.8 Å². The van der Waals surface area contributed by atoms with Gasteiger partial charge in [0.1, 0.15) is 0 Å². The zero-order chi connectivity index (χ0) is 6.10. The second kappa shape index (κ2) is 1.95. The molecule has 2 heterocycles. The molecule has 0 bridgehead atoms. The summed E-state index contributed by atoms with van der Waals surface area (Å²) >= 11 is 1.78. The fourth-order valence-electron chi connectivity index (χ4n) is 1.000. The van der Waals surface area contributed by atoms with Gasteiger partial charge in [-0.05, 0) is 23.4 Å². The summed E-state index contributed by atoms with van der Waals surface area (Å²) in [5, 5.41) is 2.13. The van der Waals surface area contributed by atoms with Crippen LogP contribution in [0.2, 0.25) is 0 Å². The van der Waals surface area contributed by atoms with Crippen LogP contribution in [0.15, 0.2) is 16.4 Å². The first-order valence-corrected chi connectivity index (χ1v) is 3.91. The third-order valence-electron chi connectivity index (χ3n) is 1.50. The number of hydrogen-bond acceptors (Lipinski definition) is 2. The average molecular weight is 137 g/mol. The molecule has 0 atom stereocenters. The summed E-state index contributed by atoms with van der Waals surface area (Å²) < 4.78 is 0. The molecule has 1 nitrogen and oxygen atoms in total. The average Bonchev–Trinajstić information content (AvgIpc) is 2.33. The fraction of sp³-hybridized carbons (Fsp3) is 0.286. The van der Waals surface area contributed by atoms with Gasteiger partial charge >= 0.3 is 0 Å². The summed E-state index contributed by atoms with van der Waals surface area (Å²) in [6, 6.07) is 2.19. The van der Waals surface area contributed by atoms with Gasteiger partial charge in [0, 0.05) is 17.6 Å². The summed E-state index contributed by atoms with van der Waals surface area (Å²) in [7, 11) is 0. The van der Waals surface area contributed by atoms with Crippen molar-refractivity contribution in [1.29, 1.82) is 0 Å². The Morgan fingerprint density at radius 3 is 3.44 bits per heavy atom. The van der Waals surface area contributed by atoms with Crippen molar-refractivity contribution in [2.24, 2.45) is 4.99 Å². The third-order valence-corrected chi connectivity index (χ3v) is 2.39. The molecule has 0 fully saturated rings. The van der Waals surface area contributed by atoms with Crippen LogP contribution in [0.1, 0.15) is 10.4 Å². The Morgan fingerprint density at radius 1 is 1.56 bits per heavy atom. The van der Waals surface area contributed by atoms with Crippen molar-refractivity contribution in [2.75, 3.05) is 6.54 Å². The van der Waals surface area contributed by atoms with E-state index in [2.05, 4.69) is 16.4 Å². The number of aliphatic imine (C=N–C) groups is 1. The van der Waals surface area contributed by atoms with Gasteiger partial charge < -0.3 is 0 Å². The highest BCUT2D eigenvalue weighted by molar-refractivity contribution is 7.11. The van der Waals surface area contributed by atoms with E-state index >= 15 is 0 Å². The Labute approximate surface area is 58.1 Å². The molecule has 0 aromatic carbocycles. The molecule has 0 unspecified atom stereocenters. The lowest BCUT2D eigenvalue weighted by atomic mass is 10.2. The number of nitrogens with zero attached hydrogens (tertiary/aromatic N) is 1. The fourth-order valence-corrected chi connectivity index (χ4v) is 1.84. The van der Waals surface area contributed by atoms with Gasteiger partial charge in [0.05, 0.1) is 0 Å². The van der Waals surface area contributed by atoms with Gasteiger partial charge in [-0.25, -0.2) is 0 Å². The number of fused-ring (bicyclic) bond motifs is 1. The first-order chi connectivity index (χ1) is 4.47. The van der Waals surface area contributed by atoms with E-state index in [4.69, 9.17) is 0 Å². The number of rotatable bonds is 0. The van der Waals surface area contributed by atoms with Crippen molar-refractivity contribution in [3.05, 3.63) is 21.9 Å². The Bertz CT molecular complexity index is 237. The first kappa shape index (κ1) is 5.18. The number of hydrogen-bond donors (Lipinski definition) is 0. The lowest BCUT2D eigenvalue weighted by Gasteiger charge is -2.01. The second-order valence-electron chi connectivity index (χ2n) is 2.10. The van der Waals surface area contributed by atoms with Crippen LogP contribution >= 0.6 is 11.3 Å². The molecule has 0 radical (unpaired) electrons. The molecule has 0 saturated carbocycles. The van der Waals surface area contributed by atoms with Gasteiger partial charge in [0.2, 0.25) is 0 Å². The summed E-state index contributed by atoms with van der Waals surface area (Å²) in [5.74, 6) is 0. The van der Waals surface area contributed by atoms with Crippen molar-refractivity contribution in [2.45, 2.75) is 6.42 Å². The second-order valence-corrected chi connectivity index (χ2v) is 3.04. The van der Waals surface area contributed by atoms with Crippen LogP contribution in [0, 0.1) is 0 Å². The van der Waals surface area contributed by atoms with Gasteiger partial charge in [-0.2, -0.15) is 0 Å². The Hall–Kier alpha value is -0.630. The maximum absolute atomic E-state index is 4.18. The van der Waals surface area contributed by atoms with Gasteiger partial charge in [0.25, 0.3) is 0 Å². The molecular formula is C7H7NS. The molecule has 2 rings (SSSR count). The molecule has 1 aliphatic heterocycles. The Kier molecular flexibility index (Phi) is 1.12. The minimum absolute atomic E-state index is 0.976. The zero-order valence-corrected chi connectivity index (χ0v) is 5.82. The summed E-state index contributed by atoms with van der Waals surface area (Å²) in [5.41, 5.74) is 1.47. The van der Waals surface area contributed by atoms with Crippen LogP contribution in [0.3, 0.4) is 0 Å². The number of thiophene rings is 1. The third kappa shape index (κ3) is 0.793.